The van der Waals surface area contributed by atoms with Crippen LogP contribution in [0.4, 0.5) is 0 Å². The summed E-state index contributed by atoms with van der Waals surface area (Å²) < 4.78 is 6.34. The Morgan fingerprint density at radius 3 is 2.32 bits per heavy atom. The quantitative estimate of drug-likeness (QED) is 0.578. The van der Waals surface area contributed by atoms with Crippen LogP contribution in [0, 0.1) is 16.7 Å². The molecule has 4 aliphatic rings. The van der Waals surface area contributed by atoms with Crippen LogP contribution in [0.5, 0.6) is 0 Å². The lowest BCUT2D eigenvalue weighted by atomic mass is 9.70. The second-order valence-corrected chi connectivity index (χ2v) is 11.2. The molecule has 6 rings (SSSR count). The van der Waals surface area contributed by atoms with Crippen LogP contribution in [0.3, 0.4) is 0 Å². The van der Waals surface area contributed by atoms with E-state index in [-0.39, 0.29) is 28.7 Å². The van der Waals surface area contributed by atoms with Crippen LogP contribution >= 0.6 is 0 Å². The fraction of sp³-hybridized carbons (Fsp3) is 0.400. The number of nitrogens with one attached hydrogen (secondary N) is 1. The Balaban J connectivity index is 1.41. The van der Waals surface area contributed by atoms with Crippen LogP contribution in [0.2, 0.25) is 0 Å². The van der Waals surface area contributed by atoms with Crippen molar-refractivity contribution in [2.75, 3.05) is 0 Å². The lowest BCUT2D eigenvalue weighted by molar-refractivity contribution is -0.152. The smallest absolute Gasteiger partial charge is 0.337 e. The third-order valence-corrected chi connectivity index (χ3v) is 9.56. The zero-order chi connectivity index (χ0) is 23.8. The van der Waals surface area contributed by atoms with E-state index in [0.717, 1.165) is 35.4 Å². The predicted octanol–water partition coefficient (Wildman–Crippen LogP) is 6.01. The predicted molar refractivity (Wildman–Crippen MR) is 132 cm³/mol. The Morgan fingerprint density at radius 1 is 1.00 bits per heavy atom. The van der Waals surface area contributed by atoms with Crippen LogP contribution in [0.15, 0.2) is 71.4 Å². The maximum Gasteiger partial charge on any atom is 0.337 e. The molecule has 34 heavy (non-hydrogen) atoms. The van der Waals surface area contributed by atoms with E-state index in [4.69, 9.17) is 4.74 Å². The third kappa shape index (κ3) is 2.71. The molecule has 1 heterocycles. The summed E-state index contributed by atoms with van der Waals surface area (Å²) in [6.45, 7) is 8.85. The number of Topliss-reactive ketones (excluding diaryl/α,β-unsaturated/α-hetero) is 1. The molecule has 2 bridgehead atoms. The summed E-state index contributed by atoms with van der Waals surface area (Å²) in [5.41, 5.74) is 5.43. The SMILES string of the molecule is CC1=C(C(=O)OC2CC3CCC2(C)C3(C)C)C(c2ccccc2)C2=C(N1)c1ccccc1C2=O. The number of carbonyl (C=O) groups is 2. The molecule has 0 radical (unpaired) electrons. The van der Waals surface area contributed by atoms with E-state index in [9.17, 15) is 9.59 Å². The number of ketones is 1. The second-order valence-electron chi connectivity index (χ2n) is 11.2. The van der Waals surface area contributed by atoms with Gasteiger partial charge in [0, 0.05) is 33.7 Å². The van der Waals surface area contributed by atoms with E-state index < -0.39 is 5.92 Å². The summed E-state index contributed by atoms with van der Waals surface area (Å²) in [7, 11) is 0. The first-order valence-electron chi connectivity index (χ1n) is 12.4. The van der Waals surface area contributed by atoms with Gasteiger partial charge in [0.1, 0.15) is 6.10 Å². The van der Waals surface area contributed by atoms with Gasteiger partial charge in [0.2, 0.25) is 0 Å². The number of carbonyl (C=O) groups excluding carboxylic acids is 2. The minimum atomic E-state index is -0.454. The highest BCUT2D eigenvalue weighted by atomic mass is 16.5. The molecule has 174 valence electrons. The first-order chi connectivity index (χ1) is 16.2. The van der Waals surface area contributed by atoms with Crippen molar-refractivity contribution >= 4 is 17.4 Å². The summed E-state index contributed by atoms with van der Waals surface area (Å²) in [5.74, 6) is -0.189. The fourth-order valence-electron chi connectivity index (χ4n) is 7.08. The van der Waals surface area contributed by atoms with Gasteiger partial charge >= 0.3 is 5.97 Å². The van der Waals surface area contributed by atoms with Crippen LogP contribution in [0.1, 0.15) is 74.4 Å². The monoisotopic (exact) mass is 453 g/mol. The molecule has 2 fully saturated rings. The van der Waals surface area contributed by atoms with Gasteiger partial charge in [0.15, 0.2) is 5.78 Å². The summed E-state index contributed by atoms with van der Waals surface area (Å²) in [4.78, 5) is 27.5. The molecule has 1 N–H and O–H groups in total. The van der Waals surface area contributed by atoms with E-state index in [1.165, 1.54) is 6.42 Å². The van der Waals surface area contributed by atoms with Gasteiger partial charge in [-0.05, 0) is 43.1 Å². The average molecular weight is 454 g/mol. The highest BCUT2D eigenvalue weighted by Gasteiger charge is 2.63. The first-order valence-corrected chi connectivity index (χ1v) is 12.4. The topological polar surface area (TPSA) is 55.4 Å². The van der Waals surface area contributed by atoms with Crippen molar-refractivity contribution in [3.8, 4) is 0 Å². The molecule has 0 spiro atoms. The van der Waals surface area contributed by atoms with Gasteiger partial charge in [0.25, 0.3) is 0 Å². The number of allylic oxidation sites excluding steroid dienone is 2. The molecular weight excluding hydrogens is 422 g/mol. The van der Waals surface area contributed by atoms with Crippen molar-refractivity contribution in [1.29, 1.82) is 0 Å². The lowest BCUT2D eigenvalue weighted by Gasteiger charge is -2.39. The van der Waals surface area contributed by atoms with Gasteiger partial charge in [-0.3, -0.25) is 4.79 Å². The van der Waals surface area contributed by atoms with Crippen molar-refractivity contribution in [2.24, 2.45) is 16.7 Å². The van der Waals surface area contributed by atoms with E-state index in [1.807, 2.05) is 61.5 Å². The Bertz CT molecular complexity index is 1290. The second kappa shape index (κ2) is 7.18. The molecule has 4 nitrogen and oxygen atoms in total. The lowest BCUT2D eigenvalue weighted by Crippen LogP contribution is -2.39. The van der Waals surface area contributed by atoms with Crippen molar-refractivity contribution < 1.29 is 14.3 Å². The highest BCUT2D eigenvalue weighted by Crippen LogP contribution is 2.66. The van der Waals surface area contributed by atoms with Crippen LogP contribution in [-0.2, 0) is 9.53 Å². The van der Waals surface area contributed by atoms with Crippen LogP contribution in [-0.4, -0.2) is 17.9 Å². The van der Waals surface area contributed by atoms with Gasteiger partial charge in [-0.25, -0.2) is 4.79 Å². The number of benzene rings is 2. The molecular formula is C30H31NO3. The molecule has 3 aliphatic carbocycles. The van der Waals surface area contributed by atoms with Gasteiger partial charge in [-0.1, -0.05) is 75.4 Å². The number of fused-ring (bicyclic) bond motifs is 4. The van der Waals surface area contributed by atoms with E-state index >= 15 is 0 Å². The molecule has 0 saturated heterocycles. The zero-order valence-corrected chi connectivity index (χ0v) is 20.3. The van der Waals surface area contributed by atoms with Crippen LogP contribution in [0.25, 0.3) is 5.70 Å². The maximum atomic E-state index is 13.9. The van der Waals surface area contributed by atoms with Gasteiger partial charge in [0.05, 0.1) is 11.3 Å². The summed E-state index contributed by atoms with van der Waals surface area (Å²) in [5, 5.41) is 3.42. The Labute approximate surface area is 201 Å². The molecule has 2 aromatic carbocycles. The fourth-order valence-corrected chi connectivity index (χ4v) is 7.08. The first kappa shape index (κ1) is 21.4. The zero-order valence-electron chi connectivity index (χ0n) is 20.3. The standard InChI is InChI=1S/C30H31NO3/c1-17-23(28(33)34-22-16-19-14-15-30(22,4)29(19,2)3)24(18-10-6-5-7-11-18)25-26(31-17)20-12-8-9-13-21(20)27(25)32/h5-13,19,22,24,31H,14-16H2,1-4H3. The van der Waals surface area contributed by atoms with Crippen molar-refractivity contribution in [2.45, 2.75) is 59.0 Å². The van der Waals surface area contributed by atoms with E-state index in [2.05, 4.69) is 26.1 Å². The highest BCUT2D eigenvalue weighted by molar-refractivity contribution is 6.23. The number of rotatable bonds is 3. The van der Waals surface area contributed by atoms with Crippen molar-refractivity contribution in [1.82, 2.24) is 5.32 Å². The molecule has 2 aromatic rings. The van der Waals surface area contributed by atoms with Gasteiger partial charge in [-0.15, -0.1) is 0 Å². The Hall–Kier alpha value is -3.14. The van der Waals surface area contributed by atoms with E-state index in [0.29, 0.717) is 22.6 Å². The van der Waals surface area contributed by atoms with Gasteiger partial charge < -0.3 is 10.1 Å². The summed E-state index contributed by atoms with van der Waals surface area (Å²) in [6.07, 6.45) is 3.11. The summed E-state index contributed by atoms with van der Waals surface area (Å²) in [6, 6.07) is 17.5. The molecule has 0 aromatic heterocycles. The van der Waals surface area contributed by atoms with Crippen molar-refractivity contribution in [3.05, 3.63) is 88.1 Å². The minimum absolute atomic E-state index is 0.0160. The van der Waals surface area contributed by atoms with Crippen molar-refractivity contribution in [3.63, 3.8) is 0 Å². The molecule has 2 saturated carbocycles. The van der Waals surface area contributed by atoms with Gasteiger partial charge in [-0.2, -0.15) is 0 Å². The average Bonchev–Trinajstić information content (AvgIpc) is 3.31. The molecule has 4 unspecified atom stereocenters. The molecule has 4 atom stereocenters. The van der Waals surface area contributed by atoms with E-state index in [1.54, 1.807) is 0 Å². The molecule has 0 amide bonds. The largest absolute Gasteiger partial charge is 0.458 e. The normalized spacial score (nSPS) is 30.8. The minimum Gasteiger partial charge on any atom is -0.458 e. The molecule has 4 heteroatoms. The Kier molecular flexibility index (Phi) is 4.52. The number of hydrogen-bond acceptors (Lipinski definition) is 4. The third-order valence-electron chi connectivity index (χ3n) is 9.56. The molecule has 1 aliphatic heterocycles. The maximum absolute atomic E-state index is 13.9. The number of hydrogen-bond donors (Lipinski definition) is 1. The van der Waals surface area contributed by atoms with Crippen LogP contribution < -0.4 is 5.32 Å². The number of ether oxygens (including phenoxy) is 1. The Morgan fingerprint density at radius 2 is 1.68 bits per heavy atom. The number of esters is 1. The summed E-state index contributed by atoms with van der Waals surface area (Å²) >= 11 is 0. The number of dihydropyridines is 1.